The highest BCUT2D eigenvalue weighted by molar-refractivity contribution is 7.15. The van der Waals surface area contributed by atoms with Gasteiger partial charge < -0.3 is 10.2 Å². The molecule has 132 valence electrons. The molecule has 3 rings (SSSR count). The molecule has 0 unspecified atom stereocenters. The standard InChI is InChI=1S/C18H20ClN3O2S/c1-11-12(2)25-18(20-11)21-16(23)10-22(9-13-6-7-13)17(24)14-4-3-5-15(19)8-14/h3-5,8,13H,6-7,9-10H2,1-2H3,(H,20,21,23). The van der Waals surface area contributed by atoms with Crippen LogP contribution in [0.4, 0.5) is 5.13 Å². The van der Waals surface area contributed by atoms with E-state index in [2.05, 4.69) is 10.3 Å². The number of benzene rings is 1. The summed E-state index contributed by atoms with van der Waals surface area (Å²) in [6, 6.07) is 6.82. The Morgan fingerprint density at radius 3 is 2.72 bits per heavy atom. The van der Waals surface area contributed by atoms with E-state index in [0.717, 1.165) is 23.4 Å². The van der Waals surface area contributed by atoms with Crippen LogP contribution in [0.1, 0.15) is 33.8 Å². The van der Waals surface area contributed by atoms with Gasteiger partial charge in [-0.15, -0.1) is 11.3 Å². The average molecular weight is 378 g/mol. The van der Waals surface area contributed by atoms with Crippen LogP contribution in [0.3, 0.4) is 0 Å². The normalized spacial score (nSPS) is 13.6. The lowest BCUT2D eigenvalue weighted by atomic mass is 10.2. The molecule has 0 saturated heterocycles. The number of aromatic nitrogens is 1. The average Bonchev–Trinajstić information content (AvgIpc) is 3.31. The molecule has 0 aliphatic heterocycles. The predicted molar refractivity (Wildman–Crippen MR) is 100 cm³/mol. The highest BCUT2D eigenvalue weighted by Gasteiger charge is 2.28. The Hall–Kier alpha value is -1.92. The van der Waals surface area contributed by atoms with Gasteiger partial charge in [0.1, 0.15) is 6.54 Å². The van der Waals surface area contributed by atoms with E-state index in [0.29, 0.717) is 28.2 Å². The molecule has 25 heavy (non-hydrogen) atoms. The van der Waals surface area contributed by atoms with Crippen molar-refractivity contribution in [1.82, 2.24) is 9.88 Å². The Balaban J connectivity index is 1.69. The van der Waals surface area contributed by atoms with Gasteiger partial charge in [-0.05, 0) is 50.8 Å². The minimum absolute atomic E-state index is 0.0134. The van der Waals surface area contributed by atoms with Crippen molar-refractivity contribution in [3.05, 3.63) is 45.4 Å². The highest BCUT2D eigenvalue weighted by atomic mass is 35.5. The van der Waals surface area contributed by atoms with E-state index >= 15 is 0 Å². The molecule has 0 bridgehead atoms. The molecule has 1 heterocycles. The smallest absolute Gasteiger partial charge is 0.254 e. The minimum atomic E-state index is -0.232. The second kappa shape index (κ2) is 7.54. The zero-order chi connectivity index (χ0) is 18.0. The number of carbonyl (C=O) groups excluding carboxylic acids is 2. The molecule has 2 amide bonds. The SMILES string of the molecule is Cc1nc(NC(=O)CN(CC2CC2)C(=O)c2cccc(Cl)c2)sc1C. The molecule has 0 atom stereocenters. The number of carbonyl (C=O) groups is 2. The Labute approximate surface area is 156 Å². The third-order valence-electron chi connectivity index (χ3n) is 4.14. The molecule has 0 radical (unpaired) electrons. The summed E-state index contributed by atoms with van der Waals surface area (Å²) < 4.78 is 0. The molecule has 1 aliphatic carbocycles. The van der Waals surface area contributed by atoms with Crippen LogP contribution in [0, 0.1) is 19.8 Å². The quantitative estimate of drug-likeness (QED) is 0.830. The first-order chi connectivity index (χ1) is 11.9. The second-order valence-corrected chi connectivity index (χ2v) is 7.99. The Morgan fingerprint density at radius 2 is 2.12 bits per heavy atom. The number of hydrogen-bond acceptors (Lipinski definition) is 4. The fourth-order valence-electron chi connectivity index (χ4n) is 2.49. The third kappa shape index (κ3) is 4.80. The van der Waals surface area contributed by atoms with Gasteiger partial charge in [0, 0.05) is 22.0 Å². The second-order valence-electron chi connectivity index (χ2n) is 6.35. The Kier molecular flexibility index (Phi) is 5.39. The third-order valence-corrected chi connectivity index (χ3v) is 5.37. The van der Waals surface area contributed by atoms with Crippen LogP contribution in [-0.4, -0.2) is 34.8 Å². The molecule has 1 fully saturated rings. The van der Waals surface area contributed by atoms with E-state index in [4.69, 9.17) is 11.6 Å². The summed E-state index contributed by atoms with van der Waals surface area (Å²) in [7, 11) is 0. The van der Waals surface area contributed by atoms with Gasteiger partial charge in [-0.1, -0.05) is 17.7 Å². The largest absolute Gasteiger partial charge is 0.329 e. The van der Waals surface area contributed by atoms with E-state index in [9.17, 15) is 9.59 Å². The van der Waals surface area contributed by atoms with Crippen LogP contribution < -0.4 is 5.32 Å². The number of aryl methyl sites for hydroxylation is 2. The van der Waals surface area contributed by atoms with Crippen LogP contribution in [0.15, 0.2) is 24.3 Å². The monoisotopic (exact) mass is 377 g/mol. The first-order valence-corrected chi connectivity index (χ1v) is 9.40. The maximum atomic E-state index is 12.8. The summed E-state index contributed by atoms with van der Waals surface area (Å²) in [5.74, 6) is 0.0844. The topological polar surface area (TPSA) is 62.3 Å². The number of nitrogens with one attached hydrogen (secondary N) is 1. The fourth-order valence-corrected chi connectivity index (χ4v) is 3.51. The summed E-state index contributed by atoms with van der Waals surface area (Å²) >= 11 is 7.42. The van der Waals surface area contributed by atoms with Gasteiger partial charge in [0.05, 0.1) is 5.69 Å². The fraction of sp³-hybridized carbons (Fsp3) is 0.389. The van der Waals surface area contributed by atoms with Crippen molar-refractivity contribution in [1.29, 1.82) is 0 Å². The molecule has 1 aromatic carbocycles. The number of rotatable bonds is 6. The molecular weight excluding hydrogens is 358 g/mol. The molecular formula is C18H20ClN3O2S. The van der Waals surface area contributed by atoms with Gasteiger partial charge in [-0.3, -0.25) is 9.59 Å². The number of anilines is 1. The van der Waals surface area contributed by atoms with Gasteiger partial charge in [0.2, 0.25) is 5.91 Å². The van der Waals surface area contributed by atoms with E-state index in [1.54, 1.807) is 29.2 Å². The lowest BCUT2D eigenvalue weighted by Crippen LogP contribution is -2.39. The van der Waals surface area contributed by atoms with Crippen LogP contribution in [0.2, 0.25) is 5.02 Å². The van der Waals surface area contributed by atoms with Crippen molar-refractivity contribution in [2.75, 3.05) is 18.4 Å². The first-order valence-electron chi connectivity index (χ1n) is 8.21. The summed E-state index contributed by atoms with van der Waals surface area (Å²) in [4.78, 5) is 32.1. The summed E-state index contributed by atoms with van der Waals surface area (Å²) in [5.41, 5.74) is 1.41. The first kappa shape index (κ1) is 17.9. The molecule has 7 heteroatoms. The number of nitrogens with zero attached hydrogens (tertiary/aromatic N) is 2. The number of hydrogen-bond donors (Lipinski definition) is 1. The van der Waals surface area contributed by atoms with Crippen molar-refractivity contribution >= 4 is 39.9 Å². The zero-order valence-corrected chi connectivity index (χ0v) is 15.8. The van der Waals surface area contributed by atoms with Gasteiger partial charge in [0.25, 0.3) is 5.91 Å². The van der Waals surface area contributed by atoms with Gasteiger partial charge in [-0.25, -0.2) is 4.98 Å². The molecule has 1 aliphatic rings. The van der Waals surface area contributed by atoms with E-state index < -0.39 is 0 Å². The predicted octanol–water partition coefficient (Wildman–Crippen LogP) is 3.90. The summed E-state index contributed by atoms with van der Waals surface area (Å²) in [6.07, 6.45) is 2.21. The van der Waals surface area contributed by atoms with Crippen LogP contribution in [0.25, 0.3) is 0 Å². The zero-order valence-electron chi connectivity index (χ0n) is 14.2. The Morgan fingerprint density at radius 1 is 1.36 bits per heavy atom. The van der Waals surface area contributed by atoms with E-state index in [-0.39, 0.29) is 18.4 Å². The van der Waals surface area contributed by atoms with Crippen molar-refractivity contribution < 1.29 is 9.59 Å². The van der Waals surface area contributed by atoms with E-state index in [1.165, 1.54) is 11.3 Å². The molecule has 5 nitrogen and oxygen atoms in total. The maximum Gasteiger partial charge on any atom is 0.254 e. The van der Waals surface area contributed by atoms with Crippen molar-refractivity contribution in [3.8, 4) is 0 Å². The summed E-state index contributed by atoms with van der Waals surface area (Å²) in [6.45, 7) is 4.47. The van der Waals surface area contributed by atoms with E-state index in [1.807, 2.05) is 13.8 Å². The summed E-state index contributed by atoms with van der Waals surface area (Å²) in [5, 5.41) is 3.87. The molecule has 1 saturated carbocycles. The molecule has 0 spiro atoms. The lowest BCUT2D eigenvalue weighted by Gasteiger charge is -2.22. The van der Waals surface area contributed by atoms with Gasteiger partial charge >= 0.3 is 0 Å². The van der Waals surface area contributed by atoms with Crippen LogP contribution in [0.5, 0.6) is 0 Å². The van der Waals surface area contributed by atoms with Gasteiger partial charge in [0.15, 0.2) is 5.13 Å². The highest BCUT2D eigenvalue weighted by Crippen LogP contribution is 2.30. The maximum absolute atomic E-state index is 12.8. The Bertz CT molecular complexity index is 782. The lowest BCUT2D eigenvalue weighted by molar-refractivity contribution is -0.116. The minimum Gasteiger partial charge on any atom is -0.329 e. The van der Waals surface area contributed by atoms with Crippen molar-refractivity contribution in [2.45, 2.75) is 26.7 Å². The van der Waals surface area contributed by atoms with Crippen molar-refractivity contribution in [2.24, 2.45) is 5.92 Å². The number of thiazole rings is 1. The molecule has 2 aromatic rings. The van der Waals surface area contributed by atoms with Crippen LogP contribution >= 0.6 is 22.9 Å². The van der Waals surface area contributed by atoms with Crippen molar-refractivity contribution in [3.63, 3.8) is 0 Å². The van der Waals surface area contributed by atoms with Gasteiger partial charge in [-0.2, -0.15) is 0 Å². The molecule has 1 aromatic heterocycles. The van der Waals surface area contributed by atoms with Crippen LogP contribution in [-0.2, 0) is 4.79 Å². The number of amides is 2. The number of halogens is 1. The molecule has 1 N–H and O–H groups in total.